The Morgan fingerprint density at radius 1 is 1.11 bits per heavy atom. The monoisotopic (exact) mass is 307 g/mol. The van der Waals surface area contributed by atoms with Gasteiger partial charge in [-0.05, 0) is 49.9 Å². The van der Waals surface area contributed by atoms with Crippen molar-refractivity contribution in [3.05, 3.63) is 52.7 Å². The molecule has 2 rings (SSSR count). The summed E-state index contributed by atoms with van der Waals surface area (Å²) in [5.74, 6) is 2.39. The Morgan fingerprint density at radius 2 is 1.72 bits per heavy atom. The number of alkyl halides is 1. The van der Waals surface area contributed by atoms with E-state index < -0.39 is 0 Å². The van der Waals surface area contributed by atoms with Gasteiger partial charge in [-0.1, -0.05) is 22.9 Å². The Labute approximate surface area is 117 Å². The van der Waals surface area contributed by atoms with Crippen LogP contribution in [0.3, 0.4) is 0 Å². The van der Waals surface area contributed by atoms with E-state index in [1.165, 1.54) is 16.7 Å². The summed E-state index contributed by atoms with van der Waals surface area (Å²) >= 11 is 3.82. The summed E-state index contributed by atoms with van der Waals surface area (Å²) in [4.78, 5) is 4.33. The number of aromatic nitrogens is 1. The first-order valence-corrected chi connectivity index (χ1v) is 7.04. The molecule has 3 heteroatoms. The molecule has 2 aromatic rings. The van der Waals surface area contributed by atoms with Crippen LogP contribution < -0.4 is 0 Å². The topological polar surface area (TPSA) is 26.0 Å². The van der Waals surface area contributed by atoms with Crippen LogP contribution in [0.15, 0.2) is 28.9 Å². The molecular weight excluding hydrogens is 290 g/mol. The molecule has 0 amide bonds. The molecule has 2 unspecified atom stereocenters. The standard InChI is InChI=1S/C15H18BrNO/c1-9-11(3)18-12(4)14(9)15(16)10(2)13-5-7-17-8-6-13/h5-8,10,15H,1-4H3. The smallest absolute Gasteiger partial charge is 0.105 e. The molecule has 96 valence electrons. The van der Waals surface area contributed by atoms with Crippen molar-refractivity contribution < 1.29 is 4.42 Å². The number of pyridine rings is 1. The van der Waals surface area contributed by atoms with Gasteiger partial charge in [-0.15, -0.1) is 0 Å². The average molecular weight is 308 g/mol. The van der Waals surface area contributed by atoms with E-state index in [2.05, 4.69) is 46.9 Å². The van der Waals surface area contributed by atoms with Gasteiger partial charge in [-0.3, -0.25) is 4.98 Å². The minimum absolute atomic E-state index is 0.261. The van der Waals surface area contributed by atoms with Gasteiger partial charge in [0.05, 0.1) is 0 Å². The van der Waals surface area contributed by atoms with Crippen LogP contribution in [-0.4, -0.2) is 4.98 Å². The van der Waals surface area contributed by atoms with Gasteiger partial charge in [0.15, 0.2) is 0 Å². The Morgan fingerprint density at radius 3 is 2.22 bits per heavy atom. The summed E-state index contributed by atoms with van der Waals surface area (Å²) < 4.78 is 5.71. The first-order chi connectivity index (χ1) is 8.52. The lowest BCUT2D eigenvalue weighted by molar-refractivity contribution is 0.498. The molecule has 0 aliphatic carbocycles. The maximum absolute atomic E-state index is 5.71. The Hall–Kier alpha value is -1.09. The van der Waals surface area contributed by atoms with Crippen molar-refractivity contribution in [2.24, 2.45) is 0 Å². The van der Waals surface area contributed by atoms with Crippen molar-refractivity contribution in [2.75, 3.05) is 0 Å². The van der Waals surface area contributed by atoms with E-state index in [0.717, 1.165) is 11.5 Å². The maximum Gasteiger partial charge on any atom is 0.105 e. The number of aryl methyl sites for hydroxylation is 2. The minimum Gasteiger partial charge on any atom is -0.466 e. The fourth-order valence-electron chi connectivity index (χ4n) is 2.30. The number of rotatable bonds is 3. The lowest BCUT2D eigenvalue weighted by Gasteiger charge is -2.19. The highest BCUT2D eigenvalue weighted by Gasteiger charge is 2.24. The molecular formula is C15H18BrNO. The molecule has 18 heavy (non-hydrogen) atoms. The maximum atomic E-state index is 5.71. The second kappa shape index (κ2) is 5.27. The number of nitrogens with zero attached hydrogens (tertiary/aromatic N) is 1. The zero-order valence-electron chi connectivity index (χ0n) is 11.2. The molecule has 0 saturated heterocycles. The molecule has 0 N–H and O–H groups in total. The first-order valence-electron chi connectivity index (χ1n) is 6.12. The molecule has 0 aliphatic heterocycles. The van der Waals surface area contributed by atoms with Crippen LogP contribution in [0.2, 0.25) is 0 Å². The fraction of sp³-hybridized carbons (Fsp3) is 0.400. The summed E-state index contributed by atoms with van der Waals surface area (Å²) in [5, 5.41) is 0. The molecule has 0 saturated carbocycles. The first kappa shape index (κ1) is 13.3. The second-order valence-corrected chi connectivity index (χ2v) is 5.71. The zero-order valence-corrected chi connectivity index (χ0v) is 12.8. The third-order valence-corrected chi connectivity index (χ3v) is 4.82. The lowest BCUT2D eigenvalue weighted by atomic mass is 9.92. The van der Waals surface area contributed by atoms with Crippen molar-refractivity contribution in [2.45, 2.75) is 38.4 Å². The van der Waals surface area contributed by atoms with E-state index in [9.17, 15) is 0 Å². The molecule has 0 aromatic carbocycles. The van der Waals surface area contributed by atoms with Crippen LogP contribution in [0.5, 0.6) is 0 Å². The predicted octanol–water partition coefficient (Wildman–Crippen LogP) is 4.84. The predicted molar refractivity (Wildman–Crippen MR) is 77.2 cm³/mol. The van der Waals surface area contributed by atoms with Gasteiger partial charge in [0, 0.05) is 22.8 Å². The van der Waals surface area contributed by atoms with Crippen LogP contribution in [0.4, 0.5) is 0 Å². The van der Waals surface area contributed by atoms with E-state index in [0.29, 0.717) is 5.92 Å². The zero-order chi connectivity index (χ0) is 13.3. The van der Waals surface area contributed by atoms with Gasteiger partial charge in [0.25, 0.3) is 0 Å². The highest BCUT2D eigenvalue weighted by atomic mass is 79.9. The van der Waals surface area contributed by atoms with E-state index in [4.69, 9.17) is 4.42 Å². The fourth-order valence-corrected chi connectivity index (χ4v) is 3.27. The number of furan rings is 1. The number of hydrogen-bond donors (Lipinski definition) is 0. The van der Waals surface area contributed by atoms with Crippen molar-refractivity contribution in [3.8, 4) is 0 Å². The van der Waals surface area contributed by atoms with Crippen molar-refractivity contribution >= 4 is 15.9 Å². The second-order valence-electron chi connectivity index (χ2n) is 4.72. The van der Waals surface area contributed by atoms with Crippen molar-refractivity contribution in [1.29, 1.82) is 0 Å². The quantitative estimate of drug-likeness (QED) is 0.758. The Kier molecular flexibility index (Phi) is 3.91. The SMILES string of the molecule is Cc1oc(C)c(C(Br)C(C)c2ccncc2)c1C. The van der Waals surface area contributed by atoms with Crippen LogP contribution >= 0.6 is 15.9 Å². The summed E-state index contributed by atoms with van der Waals surface area (Å²) in [6.45, 7) is 8.39. The van der Waals surface area contributed by atoms with Gasteiger partial charge < -0.3 is 4.42 Å². The molecule has 2 aromatic heterocycles. The Balaban J connectivity index is 2.34. The molecule has 0 bridgehead atoms. The van der Waals surface area contributed by atoms with Crippen LogP contribution in [0.1, 0.15) is 45.9 Å². The summed E-state index contributed by atoms with van der Waals surface area (Å²) in [6, 6.07) is 4.13. The van der Waals surface area contributed by atoms with Gasteiger partial charge in [-0.2, -0.15) is 0 Å². The van der Waals surface area contributed by atoms with Crippen LogP contribution in [0, 0.1) is 20.8 Å². The molecule has 2 nitrogen and oxygen atoms in total. The summed E-state index contributed by atoms with van der Waals surface area (Å²) in [5.41, 5.74) is 3.80. The normalized spacial score (nSPS) is 14.5. The average Bonchev–Trinajstić information content (AvgIpc) is 2.63. The summed E-state index contributed by atoms with van der Waals surface area (Å²) in [7, 11) is 0. The van der Waals surface area contributed by atoms with Crippen molar-refractivity contribution in [1.82, 2.24) is 4.98 Å². The van der Waals surface area contributed by atoms with Gasteiger partial charge in [-0.25, -0.2) is 0 Å². The molecule has 2 heterocycles. The molecule has 0 fully saturated rings. The molecule has 0 radical (unpaired) electrons. The van der Waals surface area contributed by atoms with E-state index >= 15 is 0 Å². The molecule has 0 aliphatic rings. The minimum atomic E-state index is 0.261. The lowest BCUT2D eigenvalue weighted by Crippen LogP contribution is -2.04. The van der Waals surface area contributed by atoms with Gasteiger partial charge >= 0.3 is 0 Å². The third-order valence-electron chi connectivity index (χ3n) is 3.56. The van der Waals surface area contributed by atoms with Gasteiger partial charge in [0.2, 0.25) is 0 Å². The van der Waals surface area contributed by atoms with E-state index in [1.54, 1.807) is 0 Å². The number of hydrogen-bond acceptors (Lipinski definition) is 2. The van der Waals surface area contributed by atoms with Crippen molar-refractivity contribution in [3.63, 3.8) is 0 Å². The van der Waals surface area contributed by atoms with E-state index in [1.807, 2.05) is 26.2 Å². The van der Waals surface area contributed by atoms with Crippen LogP contribution in [-0.2, 0) is 0 Å². The largest absolute Gasteiger partial charge is 0.466 e. The molecule has 0 spiro atoms. The molecule has 2 atom stereocenters. The van der Waals surface area contributed by atoms with Crippen LogP contribution in [0.25, 0.3) is 0 Å². The Bertz CT molecular complexity index is 533. The van der Waals surface area contributed by atoms with Gasteiger partial charge in [0.1, 0.15) is 11.5 Å². The number of halogens is 1. The third kappa shape index (κ3) is 2.37. The highest BCUT2D eigenvalue weighted by molar-refractivity contribution is 9.09. The highest BCUT2D eigenvalue weighted by Crippen LogP contribution is 2.41. The summed E-state index contributed by atoms with van der Waals surface area (Å²) in [6.07, 6.45) is 3.68. The van der Waals surface area contributed by atoms with E-state index in [-0.39, 0.29) is 4.83 Å².